The Bertz CT molecular complexity index is 906. The summed E-state index contributed by atoms with van der Waals surface area (Å²) in [7, 11) is 2.67. The summed E-state index contributed by atoms with van der Waals surface area (Å²) in [6.45, 7) is -0.215. The van der Waals surface area contributed by atoms with Gasteiger partial charge in [-0.1, -0.05) is 0 Å². The summed E-state index contributed by atoms with van der Waals surface area (Å²) in [6.07, 6.45) is 6.87. The molecule has 0 heterocycles. The first-order valence-corrected chi connectivity index (χ1v) is 12.4. The van der Waals surface area contributed by atoms with Crippen molar-refractivity contribution in [3.63, 3.8) is 0 Å². The van der Waals surface area contributed by atoms with Gasteiger partial charge >= 0.3 is 11.9 Å². The van der Waals surface area contributed by atoms with Crippen molar-refractivity contribution in [2.45, 2.75) is 50.7 Å². The van der Waals surface area contributed by atoms with Crippen LogP contribution in [0.4, 0.5) is 0 Å². The fraction of sp³-hybridized carbons (Fsp3) is 0.500. The minimum atomic E-state index is -0.410. The molecule has 4 atom stereocenters. The van der Waals surface area contributed by atoms with Gasteiger partial charge in [0.1, 0.15) is 23.0 Å². The van der Waals surface area contributed by atoms with Gasteiger partial charge in [-0.2, -0.15) is 0 Å². The summed E-state index contributed by atoms with van der Waals surface area (Å²) in [6, 6.07) is 14.8. The van der Waals surface area contributed by atoms with Gasteiger partial charge in [0.15, 0.2) is 13.2 Å². The third-order valence-corrected chi connectivity index (χ3v) is 6.94. The maximum absolute atomic E-state index is 11.2. The monoisotopic (exact) mass is 498 g/mol. The molecule has 2 aromatic carbocycles. The van der Waals surface area contributed by atoms with Crippen molar-refractivity contribution in [3.8, 4) is 23.0 Å². The largest absolute Gasteiger partial charge is 0.490 e. The molecule has 2 aromatic rings. The van der Waals surface area contributed by atoms with Crippen LogP contribution in [0.2, 0.25) is 0 Å². The van der Waals surface area contributed by atoms with Gasteiger partial charge in [-0.15, -0.1) is 0 Å². The maximum atomic E-state index is 11.2. The molecule has 4 rings (SSSR count). The predicted molar refractivity (Wildman–Crippen MR) is 131 cm³/mol. The second-order valence-corrected chi connectivity index (χ2v) is 9.30. The van der Waals surface area contributed by atoms with Crippen molar-refractivity contribution < 1.29 is 38.0 Å². The minimum absolute atomic E-state index is 0.107. The van der Waals surface area contributed by atoms with Crippen LogP contribution in [0.15, 0.2) is 48.5 Å². The Morgan fingerprint density at radius 3 is 1.33 bits per heavy atom. The minimum Gasteiger partial charge on any atom is -0.490 e. The normalized spacial score (nSPS) is 23.1. The number of ether oxygens (including phenoxy) is 6. The van der Waals surface area contributed by atoms with Crippen molar-refractivity contribution in [3.05, 3.63) is 48.5 Å². The van der Waals surface area contributed by atoms with Gasteiger partial charge in [0.2, 0.25) is 0 Å². The van der Waals surface area contributed by atoms with E-state index in [1.54, 1.807) is 0 Å². The van der Waals surface area contributed by atoms with E-state index in [2.05, 4.69) is 9.47 Å². The van der Waals surface area contributed by atoms with Crippen molar-refractivity contribution in [2.75, 3.05) is 27.4 Å². The zero-order valence-corrected chi connectivity index (χ0v) is 20.9. The van der Waals surface area contributed by atoms with Crippen LogP contribution in [0.25, 0.3) is 0 Å². The van der Waals surface area contributed by atoms with Crippen LogP contribution < -0.4 is 18.9 Å². The number of carbonyl (C=O) groups excluding carboxylic acids is 2. The molecule has 0 radical (unpaired) electrons. The number of hydrogen-bond donors (Lipinski definition) is 0. The molecule has 0 aliphatic heterocycles. The van der Waals surface area contributed by atoms with Crippen LogP contribution in [0.1, 0.15) is 38.5 Å². The number of rotatable bonds is 10. The van der Waals surface area contributed by atoms with Crippen molar-refractivity contribution in [2.24, 2.45) is 11.8 Å². The van der Waals surface area contributed by atoms with Gasteiger partial charge in [0.25, 0.3) is 0 Å². The Kier molecular flexibility index (Phi) is 8.92. The van der Waals surface area contributed by atoms with E-state index >= 15 is 0 Å². The van der Waals surface area contributed by atoms with E-state index in [9.17, 15) is 9.59 Å². The van der Waals surface area contributed by atoms with Crippen molar-refractivity contribution in [1.82, 2.24) is 0 Å². The van der Waals surface area contributed by atoms with Crippen LogP contribution in [-0.2, 0) is 19.1 Å². The second kappa shape index (κ2) is 12.5. The molecule has 36 heavy (non-hydrogen) atoms. The maximum Gasteiger partial charge on any atom is 0.343 e. The molecule has 8 heteroatoms. The van der Waals surface area contributed by atoms with Gasteiger partial charge in [-0.25, -0.2) is 9.59 Å². The smallest absolute Gasteiger partial charge is 0.343 e. The first kappa shape index (κ1) is 25.7. The first-order chi connectivity index (χ1) is 17.5. The van der Waals surface area contributed by atoms with Crippen molar-refractivity contribution >= 4 is 11.9 Å². The Morgan fingerprint density at radius 2 is 0.972 bits per heavy atom. The first-order valence-electron chi connectivity index (χ1n) is 12.4. The molecular weight excluding hydrogens is 464 g/mol. The Morgan fingerprint density at radius 1 is 0.611 bits per heavy atom. The third-order valence-electron chi connectivity index (χ3n) is 6.94. The molecule has 8 nitrogen and oxygen atoms in total. The summed E-state index contributed by atoms with van der Waals surface area (Å²) < 4.78 is 32.5. The highest BCUT2D eigenvalue weighted by Crippen LogP contribution is 2.42. The molecule has 2 aliphatic rings. The van der Waals surface area contributed by atoms with Gasteiger partial charge in [-0.05, 0) is 98.9 Å². The SMILES string of the molecule is COC(=O)COc1ccc(OC2CCC3CC(Oc4ccc(OCC(=O)OC)cc4)CCC3C2)cc1. The van der Waals surface area contributed by atoms with Gasteiger partial charge in [-0.3, -0.25) is 0 Å². The number of fused-ring (bicyclic) bond motifs is 1. The lowest BCUT2D eigenvalue weighted by Crippen LogP contribution is -2.38. The highest BCUT2D eigenvalue weighted by Gasteiger charge is 2.37. The summed E-state index contributed by atoms with van der Waals surface area (Å²) >= 11 is 0. The highest BCUT2D eigenvalue weighted by atomic mass is 16.6. The molecular formula is C28H34O8. The average Bonchev–Trinajstić information content (AvgIpc) is 2.92. The van der Waals surface area contributed by atoms with Crippen LogP contribution in [0.5, 0.6) is 23.0 Å². The predicted octanol–water partition coefficient (Wildman–Crippen LogP) is 4.59. The van der Waals surface area contributed by atoms with E-state index in [0.29, 0.717) is 23.3 Å². The molecule has 0 amide bonds. The Hall–Kier alpha value is -3.42. The number of benzene rings is 2. The third kappa shape index (κ3) is 7.29. The molecule has 0 spiro atoms. The summed E-state index contributed by atoms with van der Waals surface area (Å²) in [5.74, 6) is 3.34. The number of methoxy groups -OCH3 is 2. The van der Waals surface area contributed by atoms with Crippen LogP contribution >= 0.6 is 0 Å². The zero-order chi connectivity index (χ0) is 25.3. The van der Waals surface area contributed by atoms with Gasteiger partial charge < -0.3 is 28.4 Å². The molecule has 0 aromatic heterocycles. The van der Waals surface area contributed by atoms with Crippen LogP contribution in [0, 0.1) is 11.8 Å². The molecule has 0 saturated heterocycles. The molecule has 2 aliphatic carbocycles. The molecule has 4 unspecified atom stereocenters. The molecule has 0 N–H and O–H groups in total. The summed E-state index contributed by atoms with van der Waals surface area (Å²) in [5, 5.41) is 0. The topological polar surface area (TPSA) is 89.5 Å². The quantitative estimate of drug-likeness (QED) is 0.440. The van der Waals surface area contributed by atoms with E-state index in [4.69, 9.17) is 18.9 Å². The van der Waals surface area contributed by atoms with E-state index in [1.165, 1.54) is 14.2 Å². The molecule has 0 bridgehead atoms. The lowest BCUT2D eigenvalue weighted by atomic mass is 9.69. The Labute approximate surface area is 211 Å². The summed E-state index contributed by atoms with van der Waals surface area (Å²) in [5.41, 5.74) is 0. The van der Waals surface area contributed by atoms with E-state index in [0.717, 1.165) is 50.0 Å². The van der Waals surface area contributed by atoms with Crippen LogP contribution in [-0.4, -0.2) is 51.6 Å². The van der Waals surface area contributed by atoms with E-state index < -0.39 is 11.9 Å². The lowest BCUT2D eigenvalue weighted by Gasteiger charge is -2.41. The standard InChI is InChI=1S/C28H34O8/c1-31-27(29)17-33-21-7-11-23(12-8-21)35-25-5-3-20-16-26(6-4-19(20)15-25)36-24-13-9-22(10-14-24)34-18-28(30)32-2/h7-14,19-20,25-26H,3-6,15-18H2,1-2H3. The molecule has 2 saturated carbocycles. The zero-order valence-electron chi connectivity index (χ0n) is 20.9. The fourth-order valence-corrected chi connectivity index (χ4v) is 5.03. The van der Waals surface area contributed by atoms with Gasteiger partial charge in [0.05, 0.1) is 26.4 Å². The highest BCUT2D eigenvalue weighted by molar-refractivity contribution is 5.71. The lowest BCUT2D eigenvalue weighted by molar-refractivity contribution is -0.143. The van der Waals surface area contributed by atoms with Gasteiger partial charge in [0, 0.05) is 0 Å². The fourth-order valence-electron chi connectivity index (χ4n) is 5.03. The number of hydrogen-bond acceptors (Lipinski definition) is 8. The van der Waals surface area contributed by atoms with Crippen LogP contribution in [0.3, 0.4) is 0 Å². The van der Waals surface area contributed by atoms with E-state index in [1.807, 2.05) is 48.5 Å². The Balaban J connectivity index is 1.20. The molecule has 2 fully saturated rings. The number of esters is 2. The average molecular weight is 499 g/mol. The van der Waals surface area contributed by atoms with E-state index in [-0.39, 0.29) is 25.4 Å². The number of carbonyl (C=O) groups is 2. The summed E-state index contributed by atoms with van der Waals surface area (Å²) in [4.78, 5) is 22.4. The molecule has 194 valence electrons. The second-order valence-electron chi connectivity index (χ2n) is 9.30. The van der Waals surface area contributed by atoms with Crippen molar-refractivity contribution in [1.29, 1.82) is 0 Å².